The second-order valence-corrected chi connectivity index (χ2v) is 7.90. The van der Waals surface area contributed by atoms with Crippen LogP contribution in [0.2, 0.25) is 0 Å². The first-order valence-electron chi connectivity index (χ1n) is 7.57. The summed E-state index contributed by atoms with van der Waals surface area (Å²) in [5.74, 6) is 0.286. The monoisotopic (exact) mass is 397 g/mol. The lowest BCUT2D eigenvalue weighted by atomic mass is 10.2. The summed E-state index contributed by atoms with van der Waals surface area (Å²) >= 11 is 3.10. The van der Waals surface area contributed by atoms with Crippen LogP contribution in [-0.4, -0.2) is 11.3 Å². The summed E-state index contributed by atoms with van der Waals surface area (Å²) in [7, 11) is -0.113. The first-order valence-corrected chi connectivity index (χ1v) is 9.92. The third kappa shape index (κ3) is 2.62. The van der Waals surface area contributed by atoms with Crippen molar-refractivity contribution in [3.05, 3.63) is 72.8 Å². The fourth-order valence-corrected chi connectivity index (χ4v) is 5.40. The van der Waals surface area contributed by atoms with Crippen LogP contribution in [0, 0.1) is 0 Å². The second kappa shape index (κ2) is 6.38. The van der Waals surface area contributed by atoms with Gasteiger partial charge in [-0.05, 0) is 36.4 Å². The van der Waals surface area contributed by atoms with Gasteiger partial charge in [-0.1, -0.05) is 40.2 Å². The predicted molar refractivity (Wildman–Crippen MR) is 105 cm³/mol. The minimum Gasteiger partial charge on any atom is -0.426 e. The van der Waals surface area contributed by atoms with Crippen LogP contribution in [0.3, 0.4) is 0 Å². The highest BCUT2D eigenvalue weighted by molar-refractivity contribution is 9.09. The van der Waals surface area contributed by atoms with Crippen molar-refractivity contribution >= 4 is 52.5 Å². The van der Waals surface area contributed by atoms with Crippen LogP contribution < -0.4 is 4.74 Å². The molecule has 4 aromatic rings. The molecular weight excluding hydrogens is 384 g/mol. The zero-order valence-electron chi connectivity index (χ0n) is 12.7. The Morgan fingerprint density at radius 1 is 0.833 bits per heavy atom. The molecule has 0 amide bonds. The normalized spacial score (nSPS) is 11.0. The molecule has 118 valence electrons. The van der Waals surface area contributed by atoms with E-state index in [4.69, 9.17) is 4.74 Å². The van der Waals surface area contributed by atoms with Gasteiger partial charge in [-0.3, -0.25) is 4.79 Å². The van der Waals surface area contributed by atoms with E-state index in [1.165, 1.54) is 25.1 Å². The van der Waals surface area contributed by atoms with Crippen molar-refractivity contribution in [3.8, 4) is 10.6 Å². The minimum absolute atomic E-state index is 0.113. The maximum Gasteiger partial charge on any atom is 0.321 e. The number of fused-ring (bicyclic) bond motifs is 3. The van der Waals surface area contributed by atoms with Gasteiger partial charge in [0.15, 0.2) is 14.3 Å². The summed E-state index contributed by atoms with van der Waals surface area (Å²) in [6.07, 6.45) is 0. The third-order valence-corrected chi connectivity index (χ3v) is 6.70. The molecular formula is C20H14BrO2S+. The number of carbonyl (C=O) groups excluding carboxylic acids is 1. The van der Waals surface area contributed by atoms with Gasteiger partial charge in [-0.2, -0.15) is 0 Å². The largest absolute Gasteiger partial charge is 0.426 e. The predicted octanol–water partition coefficient (Wildman–Crippen LogP) is 6.03. The summed E-state index contributed by atoms with van der Waals surface area (Å²) in [6, 6.07) is 25.0. The zero-order valence-corrected chi connectivity index (χ0v) is 15.1. The van der Waals surface area contributed by atoms with E-state index in [9.17, 15) is 4.79 Å². The lowest BCUT2D eigenvalue weighted by molar-refractivity contribution is -0.131. The van der Waals surface area contributed by atoms with Gasteiger partial charge in [0.25, 0.3) is 0 Å². The first-order chi connectivity index (χ1) is 11.8. The lowest BCUT2D eigenvalue weighted by Crippen LogP contribution is -2.08. The summed E-state index contributed by atoms with van der Waals surface area (Å²) in [5, 5.41) is 2.82. The van der Waals surface area contributed by atoms with Crippen molar-refractivity contribution < 1.29 is 9.53 Å². The molecule has 0 aliphatic rings. The summed E-state index contributed by atoms with van der Waals surface area (Å²) < 4.78 is 7.94. The van der Waals surface area contributed by atoms with E-state index >= 15 is 0 Å². The van der Waals surface area contributed by atoms with E-state index < -0.39 is 0 Å². The number of alkyl halides is 1. The summed E-state index contributed by atoms with van der Waals surface area (Å²) in [5.41, 5.74) is 0. The fourth-order valence-electron chi connectivity index (χ4n) is 2.91. The van der Waals surface area contributed by atoms with E-state index in [0.717, 1.165) is 0 Å². The Balaban J connectivity index is 1.87. The molecule has 0 fully saturated rings. The second-order valence-electron chi connectivity index (χ2n) is 5.38. The Hall–Kier alpha value is -2.17. The molecule has 0 unspecified atom stereocenters. The quantitative estimate of drug-likeness (QED) is 0.182. The van der Waals surface area contributed by atoms with E-state index in [-0.39, 0.29) is 21.8 Å². The van der Waals surface area contributed by atoms with Crippen LogP contribution >= 0.6 is 26.4 Å². The Morgan fingerprint density at radius 2 is 1.38 bits per heavy atom. The molecule has 0 spiro atoms. The number of halogens is 1. The number of rotatable bonds is 3. The molecule has 1 aromatic heterocycles. The zero-order chi connectivity index (χ0) is 16.5. The van der Waals surface area contributed by atoms with Crippen molar-refractivity contribution in [1.29, 1.82) is 0 Å². The third-order valence-electron chi connectivity index (χ3n) is 3.90. The highest BCUT2D eigenvalue weighted by Crippen LogP contribution is 2.48. The topological polar surface area (TPSA) is 26.3 Å². The number of hydrogen-bond acceptors (Lipinski definition) is 2. The van der Waals surface area contributed by atoms with Crippen LogP contribution in [0.5, 0.6) is 5.75 Å². The van der Waals surface area contributed by atoms with Gasteiger partial charge >= 0.3 is 5.97 Å². The number of thiophene rings is 1. The van der Waals surface area contributed by atoms with Gasteiger partial charge in [0.2, 0.25) is 0 Å². The van der Waals surface area contributed by atoms with Crippen LogP contribution in [0.1, 0.15) is 0 Å². The van der Waals surface area contributed by atoms with Crippen molar-refractivity contribution in [2.75, 3.05) is 5.33 Å². The summed E-state index contributed by atoms with van der Waals surface area (Å²) in [6.45, 7) is 0. The van der Waals surface area contributed by atoms with Gasteiger partial charge in [0.1, 0.15) is 11.1 Å². The van der Waals surface area contributed by atoms with E-state index in [2.05, 4.69) is 76.6 Å². The number of benzene rings is 3. The van der Waals surface area contributed by atoms with Crippen molar-refractivity contribution in [1.82, 2.24) is 0 Å². The average molecular weight is 398 g/mol. The molecule has 0 saturated heterocycles. The Bertz CT molecular complexity index is 981. The maximum atomic E-state index is 11.4. The summed E-state index contributed by atoms with van der Waals surface area (Å²) in [4.78, 5) is 12.6. The van der Waals surface area contributed by atoms with Crippen molar-refractivity contribution in [2.24, 2.45) is 0 Å². The van der Waals surface area contributed by atoms with Gasteiger partial charge in [-0.15, -0.1) is 0 Å². The van der Waals surface area contributed by atoms with E-state index in [1.54, 1.807) is 0 Å². The molecule has 0 radical (unpaired) electrons. The highest BCUT2D eigenvalue weighted by Gasteiger charge is 2.22. The first kappa shape index (κ1) is 15.4. The molecule has 3 aromatic carbocycles. The van der Waals surface area contributed by atoms with Gasteiger partial charge in [-0.25, -0.2) is 0 Å². The number of esters is 1. The number of carbonyl (C=O) groups is 1. The Labute approximate surface area is 150 Å². The molecule has 24 heavy (non-hydrogen) atoms. The van der Waals surface area contributed by atoms with Gasteiger partial charge < -0.3 is 4.74 Å². The smallest absolute Gasteiger partial charge is 0.321 e. The molecule has 0 aliphatic heterocycles. The van der Waals surface area contributed by atoms with Crippen LogP contribution in [0.15, 0.2) is 72.8 Å². The molecule has 4 rings (SSSR count). The number of hydrogen-bond donors (Lipinski definition) is 0. The van der Waals surface area contributed by atoms with Crippen LogP contribution in [0.25, 0.3) is 25.1 Å². The SMILES string of the molecule is O=C(CBr)Oc1ccc(-[s+]2c3ccccc3c3ccccc32)cc1. The Kier molecular flexibility index (Phi) is 4.08. The van der Waals surface area contributed by atoms with Crippen molar-refractivity contribution in [2.45, 2.75) is 0 Å². The fraction of sp³-hybridized carbons (Fsp3) is 0.0500. The molecule has 4 heteroatoms. The van der Waals surface area contributed by atoms with E-state index in [1.807, 2.05) is 12.1 Å². The maximum absolute atomic E-state index is 11.4. The average Bonchev–Trinajstić information content (AvgIpc) is 2.97. The van der Waals surface area contributed by atoms with Crippen LogP contribution in [0.4, 0.5) is 0 Å². The van der Waals surface area contributed by atoms with Gasteiger partial charge in [0, 0.05) is 33.4 Å². The van der Waals surface area contributed by atoms with Gasteiger partial charge in [0.05, 0.1) is 0 Å². The Morgan fingerprint density at radius 3 is 1.92 bits per heavy atom. The standard InChI is InChI=1S/C20H14BrO2S/c21-13-20(22)23-14-9-11-15(12-10-14)24-18-7-3-1-5-16(18)17-6-2-4-8-19(17)24/h1-12H,13H2/q+1. The minimum atomic E-state index is -0.290. The molecule has 0 aliphatic carbocycles. The molecule has 0 atom stereocenters. The van der Waals surface area contributed by atoms with Crippen molar-refractivity contribution in [3.63, 3.8) is 0 Å². The lowest BCUT2D eigenvalue weighted by Gasteiger charge is -2.01. The molecule has 0 N–H and O–H groups in total. The molecule has 0 bridgehead atoms. The molecule has 0 saturated carbocycles. The number of ether oxygens (including phenoxy) is 1. The highest BCUT2D eigenvalue weighted by atomic mass is 79.9. The van der Waals surface area contributed by atoms with Crippen LogP contribution in [-0.2, 0) is 4.79 Å². The molecule has 2 nitrogen and oxygen atoms in total. The molecule has 1 heterocycles. The van der Waals surface area contributed by atoms with E-state index in [0.29, 0.717) is 5.75 Å².